The molecule has 3 aliphatic heterocycles. The first kappa shape index (κ1) is 16.4. The van der Waals surface area contributed by atoms with Crippen LogP contribution in [0.15, 0.2) is 35.5 Å². The first-order valence-electron chi connectivity index (χ1n) is 10.6. The summed E-state index contributed by atoms with van der Waals surface area (Å²) in [5.74, 6) is 3.00. The molecule has 2 fully saturated rings. The molecule has 2 saturated heterocycles. The first-order chi connectivity index (χ1) is 14.2. The maximum atomic E-state index is 12.4. The molecule has 0 saturated carbocycles. The van der Waals surface area contributed by atoms with Crippen molar-refractivity contribution in [3.63, 3.8) is 0 Å². The van der Waals surface area contributed by atoms with Crippen LogP contribution < -0.4 is 9.80 Å². The molecule has 3 atom stereocenters. The fourth-order valence-electron chi connectivity index (χ4n) is 5.65. The number of nitrogens with zero attached hydrogens (tertiary/aromatic N) is 5. The van der Waals surface area contributed by atoms with Crippen molar-refractivity contribution >= 4 is 28.1 Å². The molecule has 1 aromatic carbocycles. The average Bonchev–Trinajstić information content (AvgIpc) is 3.44. The van der Waals surface area contributed by atoms with Crippen LogP contribution in [-0.4, -0.2) is 50.5 Å². The van der Waals surface area contributed by atoms with Crippen LogP contribution in [0.4, 0.5) is 11.6 Å². The Kier molecular flexibility index (Phi) is 3.29. The van der Waals surface area contributed by atoms with Crippen molar-refractivity contribution in [1.29, 1.82) is 0 Å². The summed E-state index contributed by atoms with van der Waals surface area (Å²) in [7, 11) is -0.961. The largest absolute Gasteiger partial charge is 0.371 e. The molecule has 0 spiro atoms. The third-order valence-electron chi connectivity index (χ3n) is 7.30. The standard InChI is InChI=1S/C22H23N5OS/c28-29-8-5-19-20(29)21-23-6-7-27(21)22(24-19)26-12-16-10-25(11-17(16)13-26)18-4-3-14-1-2-15(14)9-18/h3-4,6-7,9,16-17H,1-2,5,8,10-13H2. The van der Waals surface area contributed by atoms with Crippen molar-refractivity contribution in [3.05, 3.63) is 47.4 Å². The van der Waals surface area contributed by atoms with Gasteiger partial charge in [0.2, 0.25) is 5.95 Å². The third kappa shape index (κ3) is 2.31. The topological polar surface area (TPSA) is 53.7 Å². The van der Waals surface area contributed by atoms with Gasteiger partial charge >= 0.3 is 0 Å². The SMILES string of the molecule is O=S1CCc2nc(N3CC4CN(c5ccc6c(c5)CC6)CC4C3)n3ccnc3c21. The van der Waals surface area contributed by atoms with Gasteiger partial charge in [0.1, 0.15) is 4.90 Å². The zero-order chi connectivity index (χ0) is 19.1. The molecule has 148 valence electrons. The highest BCUT2D eigenvalue weighted by Gasteiger charge is 2.42. The van der Waals surface area contributed by atoms with E-state index in [-0.39, 0.29) is 0 Å². The zero-order valence-corrected chi connectivity index (χ0v) is 17.1. The van der Waals surface area contributed by atoms with Gasteiger partial charge in [0.05, 0.1) is 16.5 Å². The van der Waals surface area contributed by atoms with E-state index in [4.69, 9.17) is 4.98 Å². The third-order valence-corrected chi connectivity index (χ3v) is 8.74. The van der Waals surface area contributed by atoms with E-state index < -0.39 is 10.8 Å². The Balaban J connectivity index is 1.17. The molecule has 3 aromatic rings. The molecular weight excluding hydrogens is 382 g/mol. The van der Waals surface area contributed by atoms with Gasteiger partial charge < -0.3 is 9.80 Å². The van der Waals surface area contributed by atoms with Crippen LogP contribution in [0.3, 0.4) is 0 Å². The Morgan fingerprint density at radius 3 is 2.52 bits per heavy atom. The van der Waals surface area contributed by atoms with E-state index in [9.17, 15) is 4.21 Å². The number of benzene rings is 1. The highest BCUT2D eigenvalue weighted by Crippen LogP contribution is 2.38. The number of rotatable bonds is 2. The van der Waals surface area contributed by atoms with Crippen LogP contribution in [0.1, 0.15) is 16.8 Å². The van der Waals surface area contributed by atoms with E-state index in [0.717, 1.165) is 54.8 Å². The monoisotopic (exact) mass is 405 g/mol. The molecule has 3 unspecified atom stereocenters. The average molecular weight is 406 g/mol. The van der Waals surface area contributed by atoms with Gasteiger partial charge in [-0.25, -0.2) is 9.97 Å². The maximum absolute atomic E-state index is 12.4. The van der Waals surface area contributed by atoms with Crippen molar-refractivity contribution in [2.45, 2.75) is 24.2 Å². The van der Waals surface area contributed by atoms with Crippen LogP contribution in [-0.2, 0) is 30.1 Å². The fourth-order valence-corrected chi connectivity index (χ4v) is 7.00. The Labute approximate surface area is 172 Å². The minimum Gasteiger partial charge on any atom is -0.371 e. The molecule has 0 radical (unpaired) electrons. The summed E-state index contributed by atoms with van der Waals surface area (Å²) in [5, 5.41) is 0. The van der Waals surface area contributed by atoms with Crippen molar-refractivity contribution in [2.75, 3.05) is 41.7 Å². The van der Waals surface area contributed by atoms with Gasteiger partial charge in [0.15, 0.2) is 5.65 Å². The quantitative estimate of drug-likeness (QED) is 0.653. The molecule has 7 heteroatoms. The number of aryl methyl sites for hydroxylation is 3. The van der Waals surface area contributed by atoms with E-state index in [0.29, 0.717) is 17.6 Å². The predicted octanol–water partition coefficient (Wildman–Crippen LogP) is 2.06. The van der Waals surface area contributed by atoms with Crippen LogP contribution >= 0.6 is 0 Å². The van der Waals surface area contributed by atoms with E-state index in [1.54, 1.807) is 11.8 Å². The normalized spacial score (nSPS) is 27.2. The van der Waals surface area contributed by atoms with E-state index >= 15 is 0 Å². The Bertz CT molecular complexity index is 1170. The summed E-state index contributed by atoms with van der Waals surface area (Å²) in [5.41, 5.74) is 6.30. The highest BCUT2D eigenvalue weighted by molar-refractivity contribution is 7.85. The molecule has 7 rings (SSSR count). The highest BCUT2D eigenvalue weighted by atomic mass is 32.2. The smallest absolute Gasteiger partial charge is 0.211 e. The van der Waals surface area contributed by atoms with Gasteiger partial charge in [-0.15, -0.1) is 0 Å². The second-order valence-electron chi connectivity index (χ2n) is 8.89. The Morgan fingerprint density at radius 1 is 0.966 bits per heavy atom. The number of hydrogen-bond donors (Lipinski definition) is 0. The number of imidazole rings is 1. The summed E-state index contributed by atoms with van der Waals surface area (Å²) < 4.78 is 14.4. The summed E-state index contributed by atoms with van der Waals surface area (Å²) in [6.45, 7) is 4.33. The lowest BCUT2D eigenvalue weighted by molar-refractivity contribution is 0.533. The lowest BCUT2D eigenvalue weighted by Crippen LogP contribution is -2.30. The van der Waals surface area contributed by atoms with E-state index in [1.165, 1.54) is 24.1 Å². The minimum atomic E-state index is -0.961. The van der Waals surface area contributed by atoms with Gasteiger partial charge in [0, 0.05) is 68.3 Å². The Morgan fingerprint density at radius 2 is 1.76 bits per heavy atom. The van der Waals surface area contributed by atoms with Crippen LogP contribution in [0.25, 0.3) is 5.65 Å². The second kappa shape index (κ2) is 5.81. The molecule has 2 aromatic heterocycles. The summed E-state index contributed by atoms with van der Waals surface area (Å²) in [6, 6.07) is 7.05. The number of anilines is 2. The van der Waals surface area contributed by atoms with Crippen molar-refractivity contribution in [2.24, 2.45) is 11.8 Å². The summed E-state index contributed by atoms with van der Waals surface area (Å²) in [4.78, 5) is 15.3. The van der Waals surface area contributed by atoms with Gasteiger partial charge in [-0.1, -0.05) is 6.07 Å². The predicted molar refractivity (Wildman–Crippen MR) is 113 cm³/mol. The van der Waals surface area contributed by atoms with Crippen molar-refractivity contribution < 1.29 is 4.21 Å². The molecule has 6 nitrogen and oxygen atoms in total. The van der Waals surface area contributed by atoms with Gasteiger partial charge in [0.25, 0.3) is 0 Å². The Hall–Kier alpha value is -2.41. The minimum absolute atomic E-state index is 0.670. The van der Waals surface area contributed by atoms with Gasteiger partial charge in [-0.05, 0) is 36.1 Å². The molecule has 0 bridgehead atoms. The molecule has 29 heavy (non-hydrogen) atoms. The molecule has 4 aliphatic rings. The number of fused-ring (bicyclic) bond motifs is 5. The van der Waals surface area contributed by atoms with Crippen molar-refractivity contribution in [3.8, 4) is 0 Å². The first-order valence-corrected chi connectivity index (χ1v) is 11.9. The number of hydrogen-bond acceptors (Lipinski definition) is 5. The van der Waals surface area contributed by atoms with E-state index in [2.05, 4.69) is 37.4 Å². The molecule has 0 amide bonds. The number of aromatic nitrogens is 3. The molecule has 5 heterocycles. The zero-order valence-electron chi connectivity index (χ0n) is 16.3. The maximum Gasteiger partial charge on any atom is 0.211 e. The van der Waals surface area contributed by atoms with E-state index in [1.807, 2.05) is 6.20 Å². The van der Waals surface area contributed by atoms with Crippen LogP contribution in [0, 0.1) is 11.8 Å². The van der Waals surface area contributed by atoms with Gasteiger partial charge in [-0.3, -0.25) is 8.61 Å². The lowest BCUT2D eigenvalue weighted by atomic mass is 9.88. The summed E-state index contributed by atoms with van der Waals surface area (Å²) in [6.07, 6.45) is 7.06. The molecular formula is C22H23N5OS. The van der Waals surface area contributed by atoms with Gasteiger partial charge in [-0.2, -0.15) is 0 Å². The summed E-state index contributed by atoms with van der Waals surface area (Å²) >= 11 is 0. The lowest BCUT2D eigenvalue weighted by Gasteiger charge is -2.27. The molecule has 1 aliphatic carbocycles. The van der Waals surface area contributed by atoms with Crippen LogP contribution in [0.5, 0.6) is 0 Å². The fraction of sp³-hybridized carbons (Fsp3) is 0.455. The van der Waals surface area contributed by atoms with Crippen LogP contribution in [0.2, 0.25) is 0 Å². The molecule has 0 N–H and O–H groups in total. The second-order valence-corrected chi connectivity index (χ2v) is 10.4. The van der Waals surface area contributed by atoms with Crippen molar-refractivity contribution in [1.82, 2.24) is 14.4 Å².